The van der Waals surface area contributed by atoms with Crippen LogP contribution in [0.25, 0.3) is 6.08 Å². The molecule has 0 saturated carbocycles. The van der Waals surface area contributed by atoms with E-state index in [1.54, 1.807) is 30.6 Å². The van der Waals surface area contributed by atoms with Crippen molar-refractivity contribution in [3.8, 4) is 5.75 Å². The number of ketones is 1. The Morgan fingerprint density at radius 2 is 1.96 bits per heavy atom. The van der Waals surface area contributed by atoms with Crippen LogP contribution < -0.4 is 4.74 Å². The van der Waals surface area contributed by atoms with Gasteiger partial charge in [0.2, 0.25) is 0 Å². The van der Waals surface area contributed by atoms with Crippen molar-refractivity contribution in [3.63, 3.8) is 0 Å². The van der Waals surface area contributed by atoms with Gasteiger partial charge >= 0.3 is 0 Å². The second kappa shape index (κ2) is 8.30. The first-order valence-corrected chi connectivity index (χ1v) is 8.56. The zero-order valence-corrected chi connectivity index (χ0v) is 14.9. The van der Waals surface area contributed by atoms with E-state index in [2.05, 4.69) is 31.0 Å². The Bertz CT molecular complexity index is 877. The molecule has 0 aliphatic rings. The lowest BCUT2D eigenvalue weighted by atomic mass is 10.0. The number of hydrogen-bond donors (Lipinski definition) is 0. The maximum absolute atomic E-state index is 12.0. The fourth-order valence-electron chi connectivity index (χ4n) is 2.43. The second-order valence-corrected chi connectivity index (χ2v) is 6.26. The molecule has 0 saturated heterocycles. The maximum atomic E-state index is 12.0. The summed E-state index contributed by atoms with van der Waals surface area (Å²) in [4.78, 5) is 16.0. The molecule has 0 aliphatic heterocycles. The largest absolute Gasteiger partial charge is 0.486 e. The molecule has 0 amide bonds. The Kier molecular flexibility index (Phi) is 5.64. The van der Waals surface area contributed by atoms with E-state index in [4.69, 9.17) is 9.15 Å². The lowest BCUT2D eigenvalue weighted by molar-refractivity contribution is 0.104. The molecule has 4 heteroatoms. The first kappa shape index (κ1) is 17.7. The predicted octanol–water partition coefficient (Wildman–Crippen LogP) is 5.27. The van der Waals surface area contributed by atoms with Gasteiger partial charge in [0.15, 0.2) is 5.78 Å². The van der Waals surface area contributed by atoms with Crippen LogP contribution in [0, 0.1) is 0 Å². The van der Waals surface area contributed by atoms with Crippen LogP contribution in [-0.4, -0.2) is 10.8 Å². The third kappa shape index (κ3) is 4.70. The van der Waals surface area contributed by atoms with Gasteiger partial charge in [0, 0.05) is 18.0 Å². The number of pyridine rings is 1. The summed E-state index contributed by atoms with van der Waals surface area (Å²) in [5.74, 6) is 2.49. The van der Waals surface area contributed by atoms with Crippen LogP contribution in [0.4, 0.5) is 0 Å². The van der Waals surface area contributed by atoms with Gasteiger partial charge in [0.05, 0.1) is 0 Å². The lowest BCUT2D eigenvalue weighted by Gasteiger charge is -2.07. The van der Waals surface area contributed by atoms with Crippen LogP contribution in [-0.2, 0) is 6.61 Å². The van der Waals surface area contributed by atoms with Gasteiger partial charge < -0.3 is 9.15 Å². The fourth-order valence-corrected chi connectivity index (χ4v) is 2.43. The van der Waals surface area contributed by atoms with E-state index < -0.39 is 0 Å². The Morgan fingerprint density at radius 3 is 2.65 bits per heavy atom. The highest BCUT2D eigenvalue weighted by molar-refractivity contribution is 6.06. The number of carbonyl (C=O) groups is 1. The van der Waals surface area contributed by atoms with Crippen LogP contribution in [0.3, 0.4) is 0 Å². The van der Waals surface area contributed by atoms with E-state index in [1.807, 2.05) is 24.3 Å². The summed E-state index contributed by atoms with van der Waals surface area (Å²) < 4.78 is 11.4. The van der Waals surface area contributed by atoms with E-state index in [1.165, 1.54) is 11.6 Å². The minimum Gasteiger partial charge on any atom is -0.486 e. The minimum atomic E-state index is -0.113. The van der Waals surface area contributed by atoms with E-state index in [9.17, 15) is 4.79 Å². The average Bonchev–Trinajstić information content (AvgIpc) is 3.13. The molecular weight excluding hydrogens is 326 g/mol. The quantitative estimate of drug-likeness (QED) is 0.431. The lowest BCUT2D eigenvalue weighted by Crippen LogP contribution is -1.94. The van der Waals surface area contributed by atoms with Crippen molar-refractivity contribution < 1.29 is 13.9 Å². The van der Waals surface area contributed by atoms with Crippen LogP contribution in [0.1, 0.15) is 47.2 Å². The molecule has 1 aromatic carbocycles. The van der Waals surface area contributed by atoms with Gasteiger partial charge in [-0.1, -0.05) is 26.0 Å². The van der Waals surface area contributed by atoms with Crippen LogP contribution in [0.15, 0.2) is 71.4 Å². The van der Waals surface area contributed by atoms with Gasteiger partial charge in [-0.2, -0.15) is 0 Å². The number of aromatic nitrogens is 1. The predicted molar refractivity (Wildman–Crippen MR) is 101 cm³/mol. The number of nitrogens with zero attached hydrogens (tertiary/aromatic N) is 1. The second-order valence-electron chi connectivity index (χ2n) is 6.26. The van der Waals surface area contributed by atoms with E-state index >= 15 is 0 Å². The van der Waals surface area contributed by atoms with E-state index in [0.29, 0.717) is 29.6 Å². The zero-order chi connectivity index (χ0) is 18.4. The summed E-state index contributed by atoms with van der Waals surface area (Å²) >= 11 is 0. The topological polar surface area (TPSA) is 52.3 Å². The van der Waals surface area contributed by atoms with Crippen molar-refractivity contribution in [2.45, 2.75) is 26.4 Å². The molecular formula is C22H21NO3. The Morgan fingerprint density at radius 1 is 1.15 bits per heavy atom. The molecule has 3 rings (SSSR count). The molecule has 4 nitrogen and oxygen atoms in total. The zero-order valence-electron chi connectivity index (χ0n) is 14.9. The monoisotopic (exact) mass is 347 g/mol. The van der Waals surface area contributed by atoms with E-state index in [-0.39, 0.29) is 5.78 Å². The molecule has 2 aromatic heterocycles. The molecule has 0 bridgehead atoms. The maximum Gasteiger partial charge on any atom is 0.187 e. The smallest absolute Gasteiger partial charge is 0.187 e. The molecule has 0 unspecified atom stereocenters. The van der Waals surface area contributed by atoms with Gasteiger partial charge in [0.25, 0.3) is 0 Å². The highest BCUT2D eigenvalue weighted by atomic mass is 16.5. The number of benzene rings is 1. The minimum absolute atomic E-state index is 0.113. The third-order valence-corrected chi connectivity index (χ3v) is 3.96. The molecule has 0 fully saturated rings. The number of carbonyl (C=O) groups excluding carboxylic acids is 1. The molecule has 0 spiro atoms. The van der Waals surface area contributed by atoms with Crippen molar-refractivity contribution in [1.82, 2.24) is 4.98 Å². The van der Waals surface area contributed by atoms with Crippen molar-refractivity contribution in [1.29, 1.82) is 0 Å². The summed E-state index contributed by atoms with van der Waals surface area (Å²) in [6.45, 7) is 4.66. The first-order chi connectivity index (χ1) is 12.6. The summed E-state index contributed by atoms with van der Waals surface area (Å²) in [7, 11) is 0. The Balaban J connectivity index is 1.56. The van der Waals surface area contributed by atoms with Gasteiger partial charge in [0.1, 0.15) is 23.9 Å². The molecule has 0 aliphatic carbocycles. The number of allylic oxidation sites excluding steroid dienone is 1. The molecule has 2 heterocycles. The summed E-state index contributed by atoms with van der Waals surface area (Å²) in [6, 6.07) is 15.2. The van der Waals surface area contributed by atoms with Crippen molar-refractivity contribution >= 4 is 11.9 Å². The standard InChI is InChI=1S/C22H21NO3/c1-16(2)17-5-7-19(8-6-17)25-15-21-10-9-20(26-21)11-12-22(24)18-4-3-13-23-14-18/h3-14,16H,15H2,1-2H3/b12-11+. The fraction of sp³-hybridized carbons (Fsp3) is 0.182. The Hall–Kier alpha value is -3.14. The number of furan rings is 1. The molecule has 3 aromatic rings. The highest BCUT2D eigenvalue weighted by Gasteiger charge is 2.04. The Labute approximate surface area is 153 Å². The first-order valence-electron chi connectivity index (χ1n) is 8.56. The van der Waals surface area contributed by atoms with Crippen molar-refractivity contribution in [2.24, 2.45) is 0 Å². The molecule has 132 valence electrons. The highest BCUT2D eigenvalue weighted by Crippen LogP contribution is 2.20. The van der Waals surface area contributed by atoms with Gasteiger partial charge in [-0.3, -0.25) is 9.78 Å². The van der Waals surface area contributed by atoms with Gasteiger partial charge in [-0.05, 0) is 60.0 Å². The third-order valence-electron chi connectivity index (χ3n) is 3.96. The average molecular weight is 347 g/mol. The number of hydrogen-bond acceptors (Lipinski definition) is 4. The van der Waals surface area contributed by atoms with Crippen molar-refractivity contribution in [2.75, 3.05) is 0 Å². The van der Waals surface area contributed by atoms with Crippen molar-refractivity contribution in [3.05, 3.63) is 89.6 Å². The summed E-state index contributed by atoms with van der Waals surface area (Å²) in [5.41, 5.74) is 1.82. The summed E-state index contributed by atoms with van der Waals surface area (Å²) in [5, 5.41) is 0. The number of ether oxygens (including phenoxy) is 1. The van der Waals surface area contributed by atoms with Gasteiger partial charge in [-0.15, -0.1) is 0 Å². The van der Waals surface area contributed by atoms with Crippen LogP contribution in [0.5, 0.6) is 5.75 Å². The van der Waals surface area contributed by atoms with Crippen LogP contribution >= 0.6 is 0 Å². The molecule has 0 N–H and O–H groups in total. The number of rotatable bonds is 7. The van der Waals surface area contributed by atoms with Gasteiger partial charge in [-0.25, -0.2) is 0 Å². The molecule has 0 radical (unpaired) electrons. The summed E-state index contributed by atoms with van der Waals surface area (Å²) in [6.07, 6.45) is 6.30. The SMILES string of the molecule is CC(C)c1ccc(OCc2ccc(/C=C/C(=O)c3cccnc3)o2)cc1. The molecule has 26 heavy (non-hydrogen) atoms. The molecule has 0 atom stereocenters. The van der Waals surface area contributed by atoms with Crippen LogP contribution in [0.2, 0.25) is 0 Å². The van der Waals surface area contributed by atoms with E-state index in [0.717, 1.165) is 5.75 Å². The normalized spacial score (nSPS) is 11.2.